The van der Waals surface area contributed by atoms with Crippen LogP contribution >= 0.6 is 0 Å². The lowest BCUT2D eigenvalue weighted by Gasteiger charge is -2.39. The first-order valence-corrected chi connectivity index (χ1v) is 9.60. The highest BCUT2D eigenvalue weighted by atomic mass is 16.7. The van der Waals surface area contributed by atoms with Crippen molar-refractivity contribution in [1.82, 2.24) is 0 Å². The molecular weight excluding hydrogens is 348 g/mol. The van der Waals surface area contributed by atoms with Gasteiger partial charge in [-0.15, -0.1) is 0 Å². The van der Waals surface area contributed by atoms with Gasteiger partial charge < -0.3 is 29.9 Å². The van der Waals surface area contributed by atoms with Crippen molar-refractivity contribution in [2.45, 2.75) is 84.6 Å². The van der Waals surface area contributed by atoms with Gasteiger partial charge in [-0.05, 0) is 62.2 Å². The van der Waals surface area contributed by atoms with Gasteiger partial charge in [0.05, 0.1) is 12.9 Å². The Kier molecular flexibility index (Phi) is 7.27. The summed E-state index contributed by atoms with van der Waals surface area (Å²) in [4.78, 5) is 0. The van der Waals surface area contributed by atoms with Crippen molar-refractivity contribution in [3.8, 4) is 0 Å². The Bertz CT molecular complexity index is 616. The Labute approximate surface area is 161 Å². The van der Waals surface area contributed by atoms with Crippen LogP contribution in [0.1, 0.15) is 53.9 Å². The third kappa shape index (κ3) is 5.00. The number of ether oxygens (including phenoxy) is 2. The monoisotopic (exact) mass is 382 g/mol. The first-order valence-electron chi connectivity index (χ1n) is 9.60. The van der Waals surface area contributed by atoms with E-state index in [4.69, 9.17) is 9.47 Å². The minimum Gasteiger partial charge on any atom is -0.469 e. The number of rotatable bonds is 5. The van der Waals surface area contributed by atoms with Crippen LogP contribution in [0.5, 0.6) is 0 Å². The van der Waals surface area contributed by atoms with E-state index < -0.39 is 37.3 Å². The summed E-state index contributed by atoms with van der Waals surface area (Å²) in [7, 11) is 0. The van der Waals surface area contributed by atoms with Crippen molar-refractivity contribution >= 4 is 0 Å². The van der Waals surface area contributed by atoms with E-state index >= 15 is 0 Å². The van der Waals surface area contributed by atoms with E-state index in [1.807, 2.05) is 13.8 Å². The molecule has 0 spiro atoms. The number of hydrogen-bond acceptors (Lipinski definition) is 6. The highest BCUT2D eigenvalue weighted by Crippen LogP contribution is 2.41. The SMILES string of the molecule is CC1=C(/C=C(C)/C(C)=C/O[C@H]2O[C@H](CO)[C@@H](O)[C@H](O)[C@H]2O)C(C)(C)CCC1. The number of hydrogen-bond donors (Lipinski definition) is 4. The molecule has 1 heterocycles. The Hall–Kier alpha value is -1.18. The molecule has 0 unspecified atom stereocenters. The molecule has 154 valence electrons. The number of allylic oxidation sites excluding steroid dienone is 5. The Morgan fingerprint density at radius 1 is 1.15 bits per heavy atom. The molecule has 0 aromatic heterocycles. The average molecular weight is 382 g/mol. The van der Waals surface area contributed by atoms with Crippen LogP contribution in [-0.4, -0.2) is 57.7 Å². The molecule has 1 saturated heterocycles. The maximum Gasteiger partial charge on any atom is 0.228 e. The van der Waals surface area contributed by atoms with Crippen molar-refractivity contribution in [2.24, 2.45) is 5.41 Å². The maximum atomic E-state index is 10.0. The molecule has 0 aromatic carbocycles. The second kappa shape index (κ2) is 8.88. The van der Waals surface area contributed by atoms with E-state index in [0.717, 1.165) is 24.0 Å². The summed E-state index contributed by atoms with van der Waals surface area (Å²) in [6.45, 7) is 10.1. The van der Waals surface area contributed by atoms with Gasteiger partial charge in [-0.1, -0.05) is 25.5 Å². The molecule has 4 N–H and O–H groups in total. The van der Waals surface area contributed by atoms with Crippen molar-refractivity contribution in [1.29, 1.82) is 0 Å². The van der Waals surface area contributed by atoms with Crippen LogP contribution < -0.4 is 0 Å². The zero-order chi connectivity index (χ0) is 20.4. The van der Waals surface area contributed by atoms with Crippen LogP contribution in [-0.2, 0) is 9.47 Å². The molecule has 1 aliphatic carbocycles. The summed E-state index contributed by atoms with van der Waals surface area (Å²) in [5.74, 6) is 0. The molecule has 2 aliphatic rings. The van der Waals surface area contributed by atoms with E-state index in [0.29, 0.717) is 0 Å². The molecule has 0 bridgehead atoms. The Morgan fingerprint density at radius 3 is 2.41 bits per heavy atom. The van der Waals surface area contributed by atoms with Crippen molar-refractivity contribution in [2.75, 3.05) is 6.61 Å². The standard InChI is InChI=1S/C21H34O6/c1-12-7-6-8-21(4,5)15(12)9-13(2)14(3)11-26-20-19(25)18(24)17(23)16(10-22)27-20/h9,11,16-20,22-25H,6-8,10H2,1-5H3/b13-9+,14-11+/t16-,17-,18+,19-,20+/m1/s1. The van der Waals surface area contributed by atoms with Gasteiger partial charge in [0.25, 0.3) is 0 Å². The molecule has 0 saturated carbocycles. The van der Waals surface area contributed by atoms with E-state index in [1.165, 1.54) is 23.8 Å². The van der Waals surface area contributed by atoms with Gasteiger partial charge in [0.1, 0.15) is 24.4 Å². The summed E-state index contributed by atoms with van der Waals surface area (Å²) in [5, 5.41) is 38.9. The van der Waals surface area contributed by atoms with Gasteiger partial charge in [0.15, 0.2) is 0 Å². The first kappa shape index (κ1) is 22.1. The van der Waals surface area contributed by atoms with E-state index in [-0.39, 0.29) is 5.41 Å². The van der Waals surface area contributed by atoms with E-state index in [9.17, 15) is 20.4 Å². The average Bonchev–Trinajstić information content (AvgIpc) is 2.61. The van der Waals surface area contributed by atoms with Crippen LogP contribution in [0.4, 0.5) is 0 Å². The van der Waals surface area contributed by atoms with Gasteiger partial charge >= 0.3 is 0 Å². The highest BCUT2D eigenvalue weighted by Gasteiger charge is 2.44. The van der Waals surface area contributed by atoms with E-state index in [2.05, 4.69) is 26.8 Å². The second-order valence-corrected chi connectivity index (χ2v) is 8.39. The summed E-state index contributed by atoms with van der Waals surface area (Å²) < 4.78 is 10.9. The lowest BCUT2D eigenvalue weighted by atomic mass is 9.72. The van der Waals surface area contributed by atoms with Gasteiger partial charge in [0, 0.05) is 0 Å². The molecule has 0 amide bonds. The fraction of sp³-hybridized carbons (Fsp3) is 0.714. The topological polar surface area (TPSA) is 99.4 Å². The molecule has 6 nitrogen and oxygen atoms in total. The molecule has 0 radical (unpaired) electrons. The first-order chi connectivity index (χ1) is 12.6. The smallest absolute Gasteiger partial charge is 0.228 e. The normalized spacial score (nSPS) is 35.4. The molecule has 5 atom stereocenters. The number of aliphatic hydroxyl groups excluding tert-OH is 4. The van der Waals surface area contributed by atoms with Gasteiger partial charge in [0.2, 0.25) is 6.29 Å². The zero-order valence-electron chi connectivity index (χ0n) is 17.0. The summed E-state index contributed by atoms with van der Waals surface area (Å²) in [6, 6.07) is 0. The lowest BCUT2D eigenvalue weighted by Crippen LogP contribution is -2.58. The third-order valence-corrected chi connectivity index (χ3v) is 5.75. The van der Waals surface area contributed by atoms with Crippen molar-refractivity contribution < 1.29 is 29.9 Å². The Morgan fingerprint density at radius 2 is 1.81 bits per heavy atom. The Balaban J connectivity index is 2.12. The molecule has 1 aliphatic heterocycles. The minimum absolute atomic E-state index is 0.141. The quantitative estimate of drug-likeness (QED) is 0.430. The molecule has 27 heavy (non-hydrogen) atoms. The fourth-order valence-electron chi connectivity index (χ4n) is 3.73. The predicted molar refractivity (Wildman–Crippen MR) is 103 cm³/mol. The minimum atomic E-state index is -1.44. The molecule has 0 aromatic rings. The largest absolute Gasteiger partial charge is 0.469 e. The van der Waals surface area contributed by atoms with Crippen LogP contribution in [0.25, 0.3) is 0 Å². The van der Waals surface area contributed by atoms with Crippen molar-refractivity contribution in [3.05, 3.63) is 34.6 Å². The van der Waals surface area contributed by atoms with E-state index in [1.54, 1.807) is 0 Å². The van der Waals surface area contributed by atoms with Gasteiger partial charge in [-0.25, -0.2) is 0 Å². The van der Waals surface area contributed by atoms with Crippen molar-refractivity contribution in [3.63, 3.8) is 0 Å². The zero-order valence-corrected chi connectivity index (χ0v) is 17.0. The van der Waals surface area contributed by atoms with Crippen LogP contribution in [0.3, 0.4) is 0 Å². The summed E-state index contributed by atoms with van der Waals surface area (Å²) in [5.41, 5.74) is 4.82. The maximum absolute atomic E-state index is 10.0. The third-order valence-electron chi connectivity index (χ3n) is 5.75. The highest BCUT2D eigenvalue weighted by molar-refractivity contribution is 5.40. The molecule has 1 fully saturated rings. The van der Waals surface area contributed by atoms with Gasteiger partial charge in [-0.3, -0.25) is 0 Å². The van der Waals surface area contributed by atoms with Crippen LogP contribution in [0, 0.1) is 5.41 Å². The molecule has 6 heteroatoms. The predicted octanol–water partition coefficient (Wildman–Crippen LogP) is 2.18. The fourth-order valence-corrected chi connectivity index (χ4v) is 3.73. The van der Waals surface area contributed by atoms with Crippen LogP contribution in [0.2, 0.25) is 0 Å². The second-order valence-electron chi connectivity index (χ2n) is 8.39. The number of aliphatic hydroxyl groups is 4. The summed E-state index contributed by atoms with van der Waals surface area (Å²) in [6.07, 6.45) is 0.802. The lowest BCUT2D eigenvalue weighted by molar-refractivity contribution is -0.288. The van der Waals surface area contributed by atoms with Crippen LogP contribution in [0.15, 0.2) is 34.6 Å². The summed E-state index contributed by atoms with van der Waals surface area (Å²) >= 11 is 0. The molecular formula is C21H34O6. The molecule has 2 rings (SSSR count). The van der Waals surface area contributed by atoms with Gasteiger partial charge in [-0.2, -0.15) is 0 Å².